The van der Waals surface area contributed by atoms with Crippen LogP contribution in [0.1, 0.15) is 99.8 Å². The molecule has 18 nitrogen and oxygen atoms in total. The summed E-state index contributed by atoms with van der Waals surface area (Å²) in [6.45, 7) is 17.0. The zero-order chi connectivity index (χ0) is 66.3. The fourth-order valence-electron chi connectivity index (χ4n) is 13.4. The van der Waals surface area contributed by atoms with E-state index in [1.165, 1.54) is 58.9 Å². The molecule has 2 atom stereocenters. The van der Waals surface area contributed by atoms with E-state index in [1.807, 2.05) is 104 Å². The van der Waals surface area contributed by atoms with Gasteiger partial charge in [0.1, 0.15) is 58.1 Å². The maximum atomic E-state index is 16.1. The Morgan fingerprint density at radius 3 is 0.851 bits per heavy atom. The van der Waals surface area contributed by atoms with E-state index in [4.69, 9.17) is 18.9 Å². The van der Waals surface area contributed by atoms with Crippen LogP contribution < -0.4 is 28.7 Å². The third-order valence-electron chi connectivity index (χ3n) is 17.8. The first-order valence-electron chi connectivity index (χ1n) is 31.0. The second kappa shape index (κ2) is 24.2. The predicted octanol–water partition coefficient (Wildman–Crippen LogP) is 14.2. The number of fused-ring (bicyclic) bond motifs is 2. The van der Waals surface area contributed by atoms with Crippen molar-refractivity contribution in [2.75, 3.05) is 36.1 Å². The van der Waals surface area contributed by atoms with Gasteiger partial charge in [0.25, 0.3) is 35.4 Å². The second-order valence-corrected chi connectivity index (χ2v) is 24.1. The molecule has 2 aromatic heterocycles. The van der Waals surface area contributed by atoms with E-state index in [9.17, 15) is 10.2 Å². The first kappa shape index (κ1) is 61.8. The van der Waals surface area contributed by atoms with Gasteiger partial charge in [0.2, 0.25) is 0 Å². The molecule has 0 saturated heterocycles. The molecule has 0 bridgehead atoms. The van der Waals surface area contributed by atoms with Gasteiger partial charge in [0.05, 0.1) is 35.5 Å². The summed E-state index contributed by atoms with van der Waals surface area (Å²) in [7, 11) is 0. The van der Waals surface area contributed by atoms with Crippen molar-refractivity contribution >= 4 is 89.9 Å². The van der Waals surface area contributed by atoms with Gasteiger partial charge < -0.3 is 39.0 Å². The van der Waals surface area contributed by atoms with Crippen molar-refractivity contribution in [1.82, 2.24) is 19.8 Å². The van der Waals surface area contributed by atoms with Gasteiger partial charge in [0.15, 0.2) is 0 Å². The molecule has 0 radical (unpaired) electrons. The molecular weight excluding hydrogens is 1190 g/mol. The van der Waals surface area contributed by atoms with Crippen LogP contribution >= 0.6 is 0 Å². The maximum absolute atomic E-state index is 16.1. The monoisotopic (exact) mass is 1250 g/mol. The largest absolute Gasteiger partial charge is 0.456 e. The molecule has 2 aliphatic heterocycles. The van der Waals surface area contributed by atoms with Crippen molar-refractivity contribution in [2.45, 2.75) is 81.3 Å². The summed E-state index contributed by atoms with van der Waals surface area (Å²) < 4.78 is 29.0. The predicted molar refractivity (Wildman–Crippen MR) is 359 cm³/mol. The normalized spacial score (nSPS) is 13.5. The van der Waals surface area contributed by atoms with Gasteiger partial charge in [-0.25, -0.2) is 0 Å². The molecule has 6 amide bonds. The first-order valence-corrected chi connectivity index (χ1v) is 31.0. The summed E-state index contributed by atoms with van der Waals surface area (Å²) in [5, 5.41) is 24.6. The zero-order valence-corrected chi connectivity index (χ0v) is 53.5. The molecule has 9 aromatic carbocycles. The summed E-state index contributed by atoms with van der Waals surface area (Å²) in [5.74, 6) is -3.56. The highest BCUT2D eigenvalue weighted by Crippen LogP contribution is 2.58. The molecule has 0 saturated carbocycles. The minimum atomic E-state index is -1.75. The Labute approximate surface area is 541 Å². The number of aromatic nitrogens is 2. The summed E-state index contributed by atoms with van der Waals surface area (Å²) >= 11 is 0. The number of hydrogen-bond acceptors (Lipinski definition) is 14. The zero-order valence-electron chi connectivity index (χ0n) is 53.5. The second-order valence-electron chi connectivity index (χ2n) is 24.1. The number of nitrogens with zero attached hydrogens (tertiary/aromatic N) is 6. The Bertz CT molecular complexity index is 4470. The Morgan fingerprint density at radius 2 is 0.628 bits per heavy atom. The fourth-order valence-corrected chi connectivity index (χ4v) is 13.4. The molecule has 2 aliphatic rings. The standard InChI is InChI=1S/C76H66N6O12/c1-11-79(47-21-25-77-26-22-47)75(89)53(37-83)81-71(85)49-33-59(91-55-17-13-39(3)29-43(55)7)65-67-61(93-57-19-15-41(5)31-45(57)9)35-51-64-52(74(88)82(73(51)87)54(38-84)76(90)80(12-2)48-23-27-78-28-24-48)36-62(94-58-20-16-42(6)32-46(58)10)68(70(64)67)66-60(34-50(72(81)86)63(49)69(65)66)92-56-18-14-40(4)30-44(56)8/h13-36,53-54,83-84H,11-12,37-38H2,1-10H3. The van der Waals surface area contributed by atoms with Crippen LogP contribution in [-0.2, 0) is 9.59 Å². The molecule has 2 N–H and O–H groups in total. The molecule has 13 rings (SSSR count). The van der Waals surface area contributed by atoms with Crippen LogP contribution in [0.3, 0.4) is 0 Å². The van der Waals surface area contributed by atoms with Crippen LogP contribution in [0.4, 0.5) is 11.4 Å². The Morgan fingerprint density at radius 1 is 0.372 bits per heavy atom. The molecule has 11 aromatic rings. The maximum Gasteiger partial charge on any atom is 0.262 e. The van der Waals surface area contributed by atoms with Gasteiger partial charge in [-0.05, 0) is 164 Å². The highest BCUT2D eigenvalue weighted by Gasteiger charge is 2.47. The number of aryl methyl sites for hydroxylation is 8. The van der Waals surface area contributed by atoms with E-state index in [-0.39, 0.29) is 101 Å². The number of pyridine rings is 2. The summed E-state index contributed by atoms with van der Waals surface area (Å²) in [5.41, 5.74) is 7.06. The summed E-state index contributed by atoms with van der Waals surface area (Å²) in [6.07, 6.45) is 6.04. The number of likely N-dealkylation sites (N-methyl/N-ethyl adjacent to an activating group) is 2. The molecule has 2 unspecified atom stereocenters. The average Bonchev–Trinajstić information content (AvgIpc) is 0.672. The lowest BCUT2D eigenvalue weighted by molar-refractivity contribution is -0.124. The van der Waals surface area contributed by atoms with Gasteiger partial charge in [0, 0.05) is 92.3 Å². The van der Waals surface area contributed by atoms with Crippen LogP contribution in [-0.4, -0.2) is 104 Å². The Hall–Kier alpha value is -11.1. The molecule has 0 fully saturated rings. The highest BCUT2D eigenvalue weighted by atomic mass is 16.5. The average molecular weight is 1260 g/mol. The molecule has 472 valence electrons. The van der Waals surface area contributed by atoms with Gasteiger partial charge >= 0.3 is 0 Å². The summed E-state index contributed by atoms with van der Waals surface area (Å²) in [6, 6.07) is 31.5. The number of rotatable bonds is 18. The van der Waals surface area contributed by atoms with Crippen LogP contribution in [0.25, 0.3) is 43.1 Å². The lowest BCUT2D eigenvalue weighted by Gasteiger charge is -2.37. The number of imide groups is 2. The number of aliphatic hydroxyl groups excluding tert-OH is 2. The topological polar surface area (TPSA) is 219 Å². The van der Waals surface area contributed by atoms with Gasteiger partial charge in [-0.15, -0.1) is 0 Å². The molecule has 0 spiro atoms. The van der Waals surface area contributed by atoms with Crippen LogP contribution in [0.15, 0.2) is 146 Å². The van der Waals surface area contributed by atoms with E-state index in [0.717, 1.165) is 32.1 Å². The third kappa shape index (κ3) is 10.2. The number of aliphatic hydroxyl groups is 2. The third-order valence-corrected chi connectivity index (χ3v) is 17.8. The molecule has 4 heterocycles. The number of ether oxygens (including phenoxy) is 4. The van der Waals surface area contributed by atoms with Crippen molar-refractivity contribution < 1.29 is 57.9 Å². The SMILES string of the molecule is CCN(C(=O)C(CO)N1C(=O)c2cc(Oc3ccc(C)cc3C)c3c4c(Oc5ccc(C)cc5C)cc5c6c(cc(Oc7ccc(C)cc7C)c(c7c(Oc8ccc(C)cc8C)cc(c2c37)C1=O)c64)C(=O)N(C(CO)C(=O)N(CC)c1ccncc1)C5=O)c1ccncc1. The van der Waals surface area contributed by atoms with Crippen molar-refractivity contribution in [3.05, 3.63) is 213 Å². The number of amides is 6. The lowest BCUT2D eigenvalue weighted by atomic mass is 9.80. The van der Waals surface area contributed by atoms with Crippen molar-refractivity contribution in [3.8, 4) is 46.0 Å². The Balaban J connectivity index is 1.22. The first-order chi connectivity index (χ1) is 45.2. The number of carbonyl (C=O) groups excluding carboxylic acids is 6. The number of carbonyl (C=O) groups is 6. The number of benzene rings is 9. The van der Waals surface area contributed by atoms with E-state index in [2.05, 4.69) is 9.97 Å². The van der Waals surface area contributed by atoms with Crippen LogP contribution in [0.5, 0.6) is 46.0 Å². The molecule has 94 heavy (non-hydrogen) atoms. The Kier molecular flexibility index (Phi) is 15.9. The van der Waals surface area contributed by atoms with Crippen molar-refractivity contribution in [3.63, 3.8) is 0 Å². The van der Waals surface area contributed by atoms with Crippen molar-refractivity contribution in [1.29, 1.82) is 0 Å². The minimum Gasteiger partial charge on any atom is -0.456 e. The smallest absolute Gasteiger partial charge is 0.262 e. The van der Waals surface area contributed by atoms with E-state index < -0.39 is 60.7 Å². The van der Waals surface area contributed by atoms with Crippen LogP contribution in [0.2, 0.25) is 0 Å². The van der Waals surface area contributed by atoms with Gasteiger partial charge in [-0.2, -0.15) is 0 Å². The fraction of sp³-hybridized carbons (Fsp3) is 0.211. The molecule has 0 aliphatic carbocycles. The molecular formula is C76H66N6O12. The summed E-state index contributed by atoms with van der Waals surface area (Å²) in [4.78, 5) is 107. The lowest BCUT2D eigenvalue weighted by Crippen LogP contribution is -2.56. The quantitative estimate of drug-likeness (QED) is 0.0464. The van der Waals surface area contributed by atoms with Gasteiger partial charge in [-0.3, -0.25) is 48.5 Å². The highest BCUT2D eigenvalue weighted by molar-refractivity contribution is 6.45. The van der Waals surface area contributed by atoms with Crippen LogP contribution in [0, 0.1) is 55.4 Å². The van der Waals surface area contributed by atoms with E-state index in [0.29, 0.717) is 56.6 Å². The number of anilines is 2. The molecule has 18 heteroatoms. The van der Waals surface area contributed by atoms with E-state index >= 15 is 28.8 Å². The van der Waals surface area contributed by atoms with Crippen molar-refractivity contribution in [2.24, 2.45) is 0 Å². The van der Waals surface area contributed by atoms with E-state index in [1.54, 1.807) is 62.4 Å². The van der Waals surface area contributed by atoms with Gasteiger partial charge in [-0.1, -0.05) is 70.8 Å². The minimum absolute atomic E-state index is 0.0392. The number of hydrogen-bond donors (Lipinski definition) is 2.